The van der Waals surface area contributed by atoms with E-state index in [0.29, 0.717) is 5.75 Å². The van der Waals surface area contributed by atoms with Crippen LogP contribution in [0.15, 0.2) is 30.6 Å². The number of rotatable bonds is 5. The molecular formula is C16H19N5O7. The minimum absolute atomic E-state index is 0.163. The number of hydrogen-bond acceptors (Lipinski definition) is 10. The van der Waals surface area contributed by atoms with Crippen molar-refractivity contribution >= 4 is 11.9 Å². The highest BCUT2D eigenvalue weighted by atomic mass is 16.6. The second-order valence-electron chi connectivity index (χ2n) is 5.84. The molecule has 1 aliphatic heterocycles. The normalized spacial score (nSPS) is 24.0. The minimum atomic E-state index is -1.34. The van der Waals surface area contributed by atoms with Crippen LogP contribution >= 0.6 is 0 Å². The number of amidine groups is 1. The Labute approximate surface area is 158 Å². The number of amides is 1. The molecule has 12 heteroatoms. The van der Waals surface area contributed by atoms with Crippen LogP contribution in [0.25, 0.3) is 0 Å². The number of nitrogens with one attached hydrogen (secondary N) is 2. The molecule has 1 amide bonds. The minimum Gasteiger partial charge on any atom is -0.497 e. The number of carbonyl (C=O) groups excluding carboxylic acids is 1. The van der Waals surface area contributed by atoms with Crippen LogP contribution in [0.4, 0.5) is 4.79 Å². The van der Waals surface area contributed by atoms with E-state index in [2.05, 4.69) is 15.4 Å². The molecule has 4 atom stereocenters. The summed E-state index contributed by atoms with van der Waals surface area (Å²) in [5.74, 6) is 0.240. The summed E-state index contributed by atoms with van der Waals surface area (Å²) in [5.41, 5.74) is 0. The number of methoxy groups -OCH3 is 1. The van der Waals surface area contributed by atoms with Gasteiger partial charge in [-0.1, -0.05) is 0 Å². The number of nitrogens with zero attached hydrogens (tertiary/aromatic N) is 3. The molecule has 3 rings (SSSR count). The third-order valence-corrected chi connectivity index (χ3v) is 4.01. The van der Waals surface area contributed by atoms with Crippen molar-refractivity contribution in [2.45, 2.75) is 24.5 Å². The summed E-state index contributed by atoms with van der Waals surface area (Å²) in [4.78, 5) is 15.8. The number of aliphatic hydroxyl groups excluding tert-OH is 3. The maximum atomic E-state index is 11.9. The zero-order valence-corrected chi connectivity index (χ0v) is 14.7. The van der Waals surface area contributed by atoms with E-state index in [1.54, 1.807) is 12.1 Å². The van der Waals surface area contributed by atoms with Crippen LogP contribution < -0.4 is 14.8 Å². The van der Waals surface area contributed by atoms with Crippen molar-refractivity contribution in [1.82, 2.24) is 20.1 Å². The molecule has 28 heavy (non-hydrogen) atoms. The fraction of sp³-hybridized carbons (Fsp3) is 0.375. The van der Waals surface area contributed by atoms with E-state index >= 15 is 0 Å². The summed E-state index contributed by atoms with van der Waals surface area (Å²) in [6.45, 7) is -0.481. The first kappa shape index (κ1) is 19.7. The van der Waals surface area contributed by atoms with Crippen molar-refractivity contribution in [2.75, 3.05) is 13.7 Å². The summed E-state index contributed by atoms with van der Waals surface area (Å²) in [6, 6.07) is 6.27. The zero-order chi connectivity index (χ0) is 20.3. The van der Waals surface area contributed by atoms with Crippen LogP contribution in [0.3, 0.4) is 0 Å². The van der Waals surface area contributed by atoms with Gasteiger partial charge in [-0.05, 0) is 24.3 Å². The lowest BCUT2D eigenvalue weighted by molar-refractivity contribution is -0.0588. The van der Waals surface area contributed by atoms with Gasteiger partial charge in [-0.25, -0.2) is 14.5 Å². The number of ether oxygens (including phenoxy) is 3. The molecular weight excluding hydrogens is 374 g/mol. The van der Waals surface area contributed by atoms with Gasteiger partial charge in [0.25, 0.3) is 0 Å². The van der Waals surface area contributed by atoms with Crippen LogP contribution in [-0.2, 0) is 4.74 Å². The monoisotopic (exact) mass is 393 g/mol. The lowest BCUT2D eigenvalue weighted by Gasteiger charge is -2.13. The third-order valence-electron chi connectivity index (χ3n) is 4.01. The van der Waals surface area contributed by atoms with Gasteiger partial charge >= 0.3 is 6.09 Å². The quantitative estimate of drug-likeness (QED) is 0.316. The molecule has 1 fully saturated rings. The molecule has 1 saturated heterocycles. The van der Waals surface area contributed by atoms with Gasteiger partial charge in [0.05, 0.1) is 13.7 Å². The summed E-state index contributed by atoms with van der Waals surface area (Å²) >= 11 is 0. The predicted octanol–water partition coefficient (Wildman–Crippen LogP) is -0.988. The van der Waals surface area contributed by atoms with Gasteiger partial charge in [0.1, 0.15) is 36.1 Å². The summed E-state index contributed by atoms with van der Waals surface area (Å²) in [7, 11) is 1.51. The molecule has 0 bridgehead atoms. The Morgan fingerprint density at radius 2 is 1.96 bits per heavy atom. The van der Waals surface area contributed by atoms with Gasteiger partial charge in [-0.3, -0.25) is 10.7 Å². The zero-order valence-electron chi connectivity index (χ0n) is 14.7. The number of aliphatic hydroxyl groups is 3. The first-order chi connectivity index (χ1) is 13.4. The highest BCUT2D eigenvalue weighted by molar-refractivity contribution is 6.02. The largest absolute Gasteiger partial charge is 0.497 e. The van der Waals surface area contributed by atoms with E-state index in [1.165, 1.54) is 25.6 Å². The Balaban J connectivity index is 1.60. The molecule has 0 saturated carbocycles. The molecule has 0 unspecified atom stereocenters. The van der Waals surface area contributed by atoms with Gasteiger partial charge in [0.2, 0.25) is 5.82 Å². The SMILES string of the molecule is COc1ccc(OC(=O)NC(=N)c2ncn([C@@H]3O[C@H](CO)[C@@H](O)[C@H]3O)n2)cc1. The van der Waals surface area contributed by atoms with Crippen LogP contribution in [0.5, 0.6) is 11.5 Å². The fourth-order valence-electron chi connectivity index (χ4n) is 2.54. The third kappa shape index (κ3) is 4.09. The van der Waals surface area contributed by atoms with Crippen molar-refractivity contribution in [1.29, 1.82) is 5.41 Å². The van der Waals surface area contributed by atoms with E-state index in [-0.39, 0.29) is 11.6 Å². The molecule has 0 radical (unpaired) electrons. The molecule has 0 spiro atoms. The van der Waals surface area contributed by atoms with Crippen molar-refractivity contribution in [3.63, 3.8) is 0 Å². The van der Waals surface area contributed by atoms with Crippen molar-refractivity contribution in [2.24, 2.45) is 0 Å². The van der Waals surface area contributed by atoms with Crippen molar-refractivity contribution < 1.29 is 34.3 Å². The van der Waals surface area contributed by atoms with Gasteiger partial charge in [0, 0.05) is 0 Å². The molecule has 2 aromatic rings. The van der Waals surface area contributed by atoms with Crippen molar-refractivity contribution in [3.05, 3.63) is 36.4 Å². The fourth-order valence-corrected chi connectivity index (χ4v) is 2.54. The number of aromatic nitrogens is 3. The first-order valence-electron chi connectivity index (χ1n) is 8.18. The maximum absolute atomic E-state index is 11.9. The molecule has 1 aromatic heterocycles. The Morgan fingerprint density at radius 3 is 2.57 bits per heavy atom. The van der Waals surface area contributed by atoms with Crippen LogP contribution in [-0.4, -0.2) is 74.0 Å². The van der Waals surface area contributed by atoms with E-state index in [4.69, 9.17) is 24.7 Å². The van der Waals surface area contributed by atoms with Gasteiger partial charge in [-0.15, -0.1) is 5.10 Å². The predicted molar refractivity (Wildman–Crippen MR) is 92.0 cm³/mol. The maximum Gasteiger partial charge on any atom is 0.418 e. The molecule has 1 aliphatic rings. The standard InChI is InChI=1S/C16H19N5O7/c1-26-8-2-4-9(5-3-8)27-16(25)19-13(17)14-18-7-21(20-14)15-12(24)11(23)10(6-22)28-15/h2-5,7,10-12,15,22-24H,6H2,1H3,(H2,17,19,25)/t10-,11-,12-,15-/m1/s1. The second kappa shape index (κ2) is 8.31. The highest BCUT2D eigenvalue weighted by Crippen LogP contribution is 2.28. The van der Waals surface area contributed by atoms with Gasteiger partial charge in [0.15, 0.2) is 12.1 Å². The van der Waals surface area contributed by atoms with E-state index < -0.39 is 43.1 Å². The summed E-state index contributed by atoms with van der Waals surface area (Å²) < 4.78 is 16.4. The Kier molecular flexibility index (Phi) is 5.84. The lowest BCUT2D eigenvalue weighted by Crippen LogP contribution is -2.34. The average molecular weight is 393 g/mol. The second-order valence-corrected chi connectivity index (χ2v) is 5.84. The van der Waals surface area contributed by atoms with E-state index in [1.807, 2.05) is 0 Å². The van der Waals surface area contributed by atoms with E-state index in [0.717, 1.165) is 4.68 Å². The van der Waals surface area contributed by atoms with Gasteiger partial charge < -0.3 is 29.5 Å². The molecule has 2 heterocycles. The van der Waals surface area contributed by atoms with Crippen molar-refractivity contribution in [3.8, 4) is 11.5 Å². The van der Waals surface area contributed by atoms with E-state index in [9.17, 15) is 15.0 Å². The topological polar surface area (TPSA) is 172 Å². The van der Waals surface area contributed by atoms with Gasteiger partial charge in [-0.2, -0.15) is 0 Å². The van der Waals surface area contributed by atoms with Crippen LogP contribution in [0, 0.1) is 5.41 Å². The Hall–Kier alpha value is -3.06. The van der Waals surface area contributed by atoms with Crippen LogP contribution in [0.1, 0.15) is 12.1 Å². The molecule has 150 valence electrons. The van der Waals surface area contributed by atoms with Crippen LogP contribution in [0.2, 0.25) is 0 Å². The smallest absolute Gasteiger partial charge is 0.418 e. The molecule has 1 aromatic carbocycles. The number of hydrogen-bond donors (Lipinski definition) is 5. The Morgan fingerprint density at radius 1 is 1.29 bits per heavy atom. The average Bonchev–Trinajstić information content (AvgIpc) is 3.28. The highest BCUT2D eigenvalue weighted by Gasteiger charge is 2.44. The molecule has 5 N–H and O–H groups in total. The lowest BCUT2D eigenvalue weighted by atomic mass is 10.1. The molecule has 12 nitrogen and oxygen atoms in total. The number of carbonyl (C=O) groups is 1. The number of benzene rings is 1. The Bertz CT molecular complexity index is 840. The summed E-state index contributed by atoms with van der Waals surface area (Å²) in [5, 5.41) is 42.9. The molecule has 0 aliphatic carbocycles. The summed E-state index contributed by atoms with van der Waals surface area (Å²) in [6.07, 6.45) is -4.44. The first-order valence-corrected chi connectivity index (χ1v) is 8.18.